The van der Waals surface area contributed by atoms with E-state index in [2.05, 4.69) is 11.9 Å². The zero-order valence-electron chi connectivity index (χ0n) is 9.78. The van der Waals surface area contributed by atoms with E-state index in [-0.39, 0.29) is 18.4 Å². The van der Waals surface area contributed by atoms with Crippen molar-refractivity contribution < 1.29 is 14.3 Å². The van der Waals surface area contributed by atoms with E-state index in [1.807, 2.05) is 6.92 Å². The zero-order valence-corrected chi connectivity index (χ0v) is 9.78. The number of piperazine rings is 1. The molecule has 1 rings (SSSR count). The molecule has 90 valence electrons. The average molecular weight is 226 g/mol. The van der Waals surface area contributed by atoms with Gasteiger partial charge >= 0.3 is 0 Å². The summed E-state index contributed by atoms with van der Waals surface area (Å²) < 4.78 is 5.29. The fraction of sp³-hybridized carbons (Fsp3) is 0.636. The van der Waals surface area contributed by atoms with Gasteiger partial charge in [-0.2, -0.15) is 0 Å². The first-order valence-corrected chi connectivity index (χ1v) is 5.31. The molecule has 1 heterocycles. The molecule has 0 aromatic carbocycles. The Morgan fingerprint density at radius 3 is 2.94 bits per heavy atom. The number of carbonyl (C=O) groups excluding carboxylic acids is 2. The highest BCUT2D eigenvalue weighted by molar-refractivity contribution is 5.94. The van der Waals surface area contributed by atoms with Crippen LogP contribution >= 0.6 is 0 Å². The second-order valence-corrected chi connectivity index (χ2v) is 4.06. The SMILES string of the molecule is C=C(C)COCCN1CC(=O)NC(C)C1=O. The third-order valence-electron chi connectivity index (χ3n) is 2.25. The Balaban J connectivity index is 2.32. The summed E-state index contributed by atoms with van der Waals surface area (Å²) >= 11 is 0. The molecule has 5 nitrogen and oxygen atoms in total. The molecule has 2 amide bonds. The lowest BCUT2D eigenvalue weighted by Gasteiger charge is -2.30. The first kappa shape index (κ1) is 12.7. The minimum absolute atomic E-state index is 0.0569. The summed E-state index contributed by atoms with van der Waals surface area (Å²) in [6.45, 7) is 8.76. The van der Waals surface area contributed by atoms with E-state index >= 15 is 0 Å². The number of nitrogens with one attached hydrogen (secondary N) is 1. The normalized spacial score (nSPS) is 20.9. The van der Waals surface area contributed by atoms with Crippen molar-refractivity contribution in [2.75, 3.05) is 26.3 Å². The van der Waals surface area contributed by atoms with Crippen LogP contribution in [0.2, 0.25) is 0 Å². The van der Waals surface area contributed by atoms with Crippen LogP contribution in [0.15, 0.2) is 12.2 Å². The molecule has 16 heavy (non-hydrogen) atoms. The number of rotatable bonds is 5. The van der Waals surface area contributed by atoms with Crippen molar-refractivity contribution in [1.82, 2.24) is 10.2 Å². The van der Waals surface area contributed by atoms with Gasteiger partial charge in [-0.25, -0.2) is 0 Å². The van der Waals surface area contributed by atoms with Crippen LogP contribution in [0.3, 0.4) is 0 Å². The number of hydrogen-bond acceptors (Lipinski definition) is 3. The minimum Gasteiger partial charge on any atom is -0.375 e. The number of amides is 2. The van der Waals surface area contributed by atoms with E-state index in [9.17, 15) is 9.59 Å². The molecule has 1 fully saturated rings. The third kappa shape index (κ3) is 3.66. The lowest BCUT2D eigenvalue weighted by molar-refractivity contribution is -0.144. The van der Waals surface area contributed by atoms with Crippen LogP contribution in [-0.2, 0) is 14.3 Å². The van der Waals surface area contributed by atoms with Gasteiger partial charge in [-0.05, 0) is 13.8 Å². The molecule has 5 heteroatoms. The van der Waals surface area contributed by atoms with Gasteiger partial charge in [0.2, 0.25) is 11.8 Å². The van der Waals surface area contributed by atoms with Gasteiger partial charge in [0.05, 0.1) is 19.8 Å². The first-order chi connectivity index (χ1) is 7.50. The zero-order chi connectivity index (χ0) is 12.1. The Kier molecular flexibility index (Phi) is 4.49. The topological polar surface area (TPSA) is 58.6 Å². The number of ether oxygens (including phenoxy) is 1. The molecular formula is C11H18N2O3. The van der Waals surface area contributed by atoms with E-state index < -0.39 is 6.04 Å². The van der Waals surface area contributed by atoms with Gasteiger partial charge in [-0.3, -0.25) is 9.59 Å². The summed E-state index contributed by atoms with van der Waals surface area (Å²) in [5, 5.41) is 2.58. The molecule has 1 unspecified atom stereocenters. The van der Waals surface area contributed by atoms with Crippen molar-refractivity contribution in [3.8, 4) is 0 Å². The summed E-state index contributed by atoms with van der Waals surface area (Å²) in [5.74, 6) is -0.175. The molecule has 1 atom stereocenters. The number of hydrogen-bond donors (Lipinski definition) is 1. The Bertz CT molecular complexity index is 302. The van der Waals surface area contributed by atoms with Crippen LogP contribution in [0.5, 0.6) is 0 Å². The maximum Gasteiger partial charge on any atom is 0.245 e. The van der Waals surface area contributed by atoms with Crippen molar-refractivity contribution >= 4 is 11.8 Å². The van der Waals surface area contributed by atoms with E-state index in [1.165, 1.54) is 4.90 Å². The largest absolute Gasteiger partial charge is 0.375 e. The molecule has 0 bridgehead atoms. The molecule has 1 saturated heterocycles. The Morgan fingerprint density at radius 2 is 2.31 bits per heavy atom. The Hall–Kier alpha value is -1.36. The Labute approximate surface area is 95.4 Å². The van der Waals surface area contributed by atoms with Crippen molar-refractivity contribution in [3.63, 3.8) is 0 Å². The molecule has 1 N–H and O–H groups in total. The van der Waals surface area contributed by atoms with Crippen molar-refractivity contribution in [2.24, 2.45) is 0 Å². The molecule has 0 aromatic rings. The smallest absolute Gasteiger partial charge is 0.245 e. The third-order valence-corrected chi connectivity index (χ3v) is 2.25. The maximum atomic E-state index is 11.6. The van der Waals surface area contributed by atoms with E-state index in [1.54, 1.807) is 6.92 Å². The summed E-state index contributed by atoms with van der Waals surface area (Å²) in [6.07, 6.45) is 0. The predicted molar refractivity (Wildman–Crippen MR) is 59.8 cm³/mol. The highest BCUT2D eigenvalue weighted by atomic mass is 16.5. The van der Waals surface area contributed by atoms with Gasteiger partial charge in [0.25, 0.3) is 0 Å². The van der Waals surface area contributed by atoms with Crippen molar-refractivity contribution in [2.45, 2.75) is 19.9 Å². The van der Waals surface area contributed by atoms with Crippen LogP contribution < -0.4 is 5.32 Å². The van der Waals surface area contributed by atoms with Gasteiger partial charge in [0.1, 0.15) is 6.04 Å². The fourth-order valence-electron chi connectivity index (χ4n) is 1.48. The average Bonchev–Trinajstić information content (AvgIpc) is 2.19. The molecule has 0 saturated carbocycles. The van der Waals surface area contributed by atoms with Gasteiger partial charge in [0.15, 0.2) is 0 Å². The fourth-order valence-corrected chi connectivity index (χ4v) is 1.48. The van der Waals surface area contributed by atoms with Crippen LogP contribution in [0.25, 0.3) is 0 Å². The highest BCUT2D eigenvalue weighted by Crippen LogP contribution is 2.01. The standard InChI is InChI=1S/C11H18N2O3/c1-8(2)7-16-5-4-13-6-10(14)12-9(3)11(13)15/h9H,1,4-7H2,2-3H3,(H,12,14). The number of carbonyl (C=O) groups is 2. The van der Waals surface area contributed by atoms with E-state index in [0.29, 0.717) is 19.8 Å². The van der Waals surface area contributed by atoms with Crippen LogP contribution in [0, 0.1) is 0 Å². The molecule has 1 aliphatic heterocycles. The van der Waals surface area contributed by atoms with E-state index in [4.69, 9.17) is 4.74 Å². The second kappa shape index (κ2) is 5.65. The monoisotopic (exact) mass is 226 g/mol. The highest BCUT2D eigenvalue weighted by Gasteiger charge is 2.28. The molecular weight excluding hydrogens is 208 g/mol. The Morgan fingerprint density at radius 1 is 1.62 bits per heavy atom. The van der Waals surface area contributed by atoms with Crippen molar-refractivity contribution in [3.05, 3.63) is 12.2 Å². The summed E-state index contributed by atoms with van der Waals surface area (Å²) in [6, 6.07) is -0.428. The first-order valence-electron chi connectivity index (χ1n) is 5.31. The molecule has 0 spiro atoms. The van der Waals surface area contributed by atoms with Crippen molar-refractivity contribution in [1.29, 1.82) is 0 Å². The summed E-state index contributed by atoms with van der Waals surface area (Å²) in [7, 11) is 0. The summed E-state index contributed by atoms with van der Waals surface area (Å²) in [5.41, 5.74) is 0.941. The minimum atomic E-state index is -0.428. The van der Waals surface area contributed by atoms with Gasteiger partial charge in [-0.1, -0.05) is 12.2 Å². The molecule has 0 radical (unpaired) electrons. The molecule has 0 aliphatic carbocycles. The maximum absolute atomic E-state index is 11.6. The van der Waals surface area contributed by atoms with E-state index in [0.717, 1.165) is 5.57 Å². The van der Waals surface area contributed by atoms with Crippen LogP contribution in [0.1, 0.15) is 13.8 Å². The predicted octanol–water partition coefficient (Wildman–Crippen LogP) is -0.0740. The van der Waals surface area contributed by atoms with Gasteiger partial charge < -0.3 is 15.0 Å². The lowest BCUT2D eigenvalue weighted by Crippen LogP contribution is -2.57. The number of nitrogens with zero attached hydrogens (tertiary/aromatic N) is 1. The van der Waals surface area contributed by atoms with Crippen LogP contribution in [-0.4, -0.2) is 49.1 Å². The van der Waals surface area contributed by atoms with Gasteiger partial charge in [-0.15, -0.1) is 0 Å². The van der Waals surface area contributed by atoms with Crippen LogP contribution in [0.4, 0.5) is 0 Å². The summed E-state index contributed by atoms with van der Waals surface area (Å²) in [4.78, 5) is 24.4. The lowest BCUT2D eigenvalue weighted by atomic mass is 10.2. The molecule has 0 aromatic heterocycles. The second-order valence-electron chi connectivity index (χ2n) is 4.06. The molecule has 1 aliphatic rings. The van der Waals surface area contributed by atoms with Gasteiger partial charge in [0, 0.05) is 6.54 Å². The quantitative estimate of drug-likeness (QED) is 0.527.